The topological polar surface area (TPSA) is 86.8 Å². The lowest BCUT2D eigenvalue weighted by molar-refractivity contribution is -0.140. The average Bonchev–Trinajstić information content (AvgIpc) is 3.46. The first-order valence-corrected chi connectivity index (χ1v) is 16.1. The molecule has 1 fully saturated rings. The third-order valence-electron chi connectivity index (χ3n) is 7.49. The maximum absolute atomic E-state index is 15.1. The highest BCUT2D eigenvalue weighted by molar-refractivity contribution is 7.92. The summed E-state index contributed by atoms with van der Waals surface area (Å²) in [6.07, 6.45) is 3.96. The number of rotatable bonds is 11. The molecule has 0 saturated heterocycles. The van der Waals surface area contributed by atoms with Gasteiger partial charge in [0.2, 0.25) is 11.8 Å². The molecule has 0 unspecified atom stereocenters. The summed E-state index contributed by atoms with van der Waals surface area (Å²) >= 11 is 12.9. The molecule has 42 heavy (non-hydrogen) atoms. The summed E-state index contributed by atoms with van der Waals surface area (Å²) in [7, 11) is -4.39. The lowest BCUT2D eigenvalue weighted by Crippen LogP contribution is -2.53. The number of nitrogens with zero attached hydrogens (tertiary/aromatic N) is 2. The fraction of sp³-hybridized carbons (Fsp3) is 0.355. The van der Waals surface area contributed by atoms with E-state index in [-0.39, 0.29) is 35.5 Å². The average molecular weight is 635 g/mol. The second kappa shape index (κ2) is 13.9. The van der Waals surface area contributed by atoms with Gasteiger partial charge in [0.25, 0.3) is 10.0 Å². The molecular weight excluding hydrogens is 600 g/mol. The molecule has 1 aliphatic carbocycles. The number of anilines is 1. The summed E-state index contributed by atoms with van der Waals surface area (Å²) in [5.41, 5.74) is 0.968. The molecule has 3 aromatic rings. The lowest BCUT2D eigenvalue weighted by Gasteiger charge is -2.34. The Hall–Kier alpha value is -3.14. The first-order chi connectivity index (χ1) is 20.0. The Labute approximate surface area is 256 Å². The van der Waals surface area contributed by atoms with Crippen molar-refractivity contribution in [2.45, 2.75) is 69.5 Å². The van der Waals surface area contributed by atoms with Crippen molar-refractivity contribution >= 4 is 50.7 Å². The fourth-order valence-electron chi connectivity index (χ4n) is 5.15. The summed E-state index contributed by atoms with van der Waals surface area (Å²) in [5.74, 6) is -1.87. The fourth-order valence-corrected chi connectivity index (χ4v) is 7.08. The zero-order valence-electron chi connectivity index (χ0n) is 23.5. The number of hydrogen-bond donors (Lipinski definition) is 1. The van der Waals surface area contributed by atoms with Crippen LogP contribution in [-0.2, 0) is 26.2 Å². The molecule has 0 bridgehead atoms. The number of halogens is 3. The van der Waals surface area contributed by atoms with Crippen LogP contribution < -0.4 is 9.62 Å². The molecule has 3 aromatic carbocycles. The summed E-state index contributed by atoms with van der Waals surface area (Å²) in [6, 6.07) is 15.4. The number of nitrogens with one attached hydrogen (secondary N) is 1. The zero-order chi connectivity index (χ0) is 30.4. The zero-order valence-corrected chi connectivity index (χ0v) is 25.9. The van der Waals surface area contributed by atoms with E-state index in [1.807, 2.05) is 6.92 Å². The van der Waals surface area contributed by atoms with Crippen LogP contribution in [0.4, 0.5) is 10.1 Å². The van der Waals surface area contributed by atoms with E-state index < -0.39 is 34.3 Å². The molecule has 1 atom stereocenters. The van der Waals surface area contributed by atoms with Gasteiger partial charge in [-0.1, -0.05) is 78.9 Å². The van der Waals surface area contributed by atoms with Gasteiger partial charge in [0.05, 0.1) is 10.6 Å². The van der Waals surface area contributed by atoms with Crippen LogP contribution in [0.15, 0.2) is 71.6 Å². The van der Waals surface area contributed by atoms with Gasteiger partial charge in [0.15, 0.2) is 0 Å². The van der Waals surface area contributed by atoms with Crippen molar-refractivity contribution in [3.05, 3.63) is 93.7 Å². The Morgan fingerprint density at radius 1 is 0.976 bits per heavy atom. The standard InChI is InChI=1S/C31H34Cl2FN3O4S/c1-3-28(31(39)35-22-9-4-5-10-22)36(19-24-25(32)11-8-12-26(24)33)30(38)20-37(29-14-7-6-13-27(29)34)42(40,41)23-17-15-21(2)16-18-23/h6-8,11-18,22,28H,3-5,9-10,19-20H2,1-2H3,(H,35,39)/t28-/m1/s1. The molecule has 0 spiro atoms. The normalized spacial score (nSPS) is 14.4. The van der Waals surface area contributed by atoms with Crippen molar-refractivity contribution in [1.82, 2.24) is 10.2 Å². The van der Waals surface area contributed by atoms with E-state index in [0.717, 1.165) is 41.6 Å². The third kappa shape index (κ3) is 7.25. The number of carbonyl (C=O) groups is 2. The number of benzene rings is 3. The van der Waals surface area contributed by atoms with Gasteiger partial charge in [-0.25, -0.2) is 12.8 Å². The molecule has 2 amide bonds. The predicted molar refractivity (Wildman–Crippen MR) is 164 cm³/mol. The number of amides is 2. The molecule has 7 nitrogen and oxygen atoms in total. The molecule has 0 aliphatic heterocycles. The Balaban J connectivity index is 1.75. The summed E-state index contributed by atoms with van der Waals surface area (Å²) in [4.78, 5) is 28.9. The van der Waals surface area contributed by atoms with Gasteiger partial charge in [-0.05, 0) is 62.6 Å². The van der Waals surface area contributed by atoms with Gasteiger partial charge in [-0.3, -0.25) is 13.9 Å². The highest BCUT2D eigenvalue weighted by Gasteiger charge is 2.35. The van der Waals surface area contributed by atoms with Crippen molar-refractivity contribution in [3.63, 3.8) is 0 Å². The molecule has 0 aromatic heterocycles. The summed E-state index contributed by atoms with van der Waals surface area (Å²) in [5, 5.41) is 3.64. The highest BCUT2D eigenvalue weighted by atomic mass is 35.5. The first-order valence-electron chi connectivity index (χ1n) is 13.9. The SMILES string of the molecule is CC[C@H](C(=O)NC1CCCC1)N(Cc1c(Cl)cccc1Cl)C(=O)CN(c1ccccc1F)S(=O)(=O)c1ccc(C)cc1. The monoisotopic (exact) mass is 633 g/mol. The Kier molecular flexibility index (Phi) is 10.5. The molecule has 11 heteroatoms. The number of aryl methyl sites for hydroxylation is 1. The minimum Gasteiger partial charge on any atom is -0.352 e. The lowest BCUT2D eigenvalue weighted by atomic mass is 10.1. The second-order valence-corrected chi connectivity index (χ2v) is 13.1. The molecule has 1 aliphatic rings. The summed E-state index contributed by atoms with van der Waals surface area (Å²) in [6.45, 7) is 2.68. The first kappa shape index (κ1) is 31.8. The number of carbonyl (C=O) groups excluding carboxylic acids is 2. The van der Waals surface area contributed by atoms with Crippen LogP contribution in [0.5, 0.6) is 0 Å². The van der Waals surface area contributed by atoms with Gasteiger partial charge < -0.3 is 10.2 Å². The Bertz CT molecular complexity index is 1510. The third-order valence-corrected chi connectivity index (χ3v) is 9.97. The molecule has 0 radical (unpaired) electrons. The highest BCUT2D eigenvalue weighted by Crippen LogP contribution is 2.30. The van der Waals surface area contributed by atoms with E-state index in [1.165, 1.54) is 35.2 Å². The molecule has 4 rings (SSSR count). The van der Waals surface area contributed by atoms with Crippen molar-refractivity contribution < 1.29 is 22.4 Å². The number of hydrogen-bond acceptors (Lipinski definition) is 4. The Morgan fingerprint density at radius 3 is 2.19 bits per heavy atom. The molecule has 1 saturated carbocycles. The summed E-state index contributed by atoms with van der Waals surface area (Å²) < 4.78 is 43.6. The van der Waals surface area contributed by atoms with Crippen molar-refractivity contribution in [2.24, 2.45) is 0 Å². The predicted octanol–water partition coefficient (Wildman–Crippen LogP) is 6.50. The minimum atomic E-state index is -4.39. The van der Waals surface area contributed by atoms with Crippen molar-refractivity contribution in [2.75, 3.05) is 10.8 Å². The molecular formula is C31H34Cl2FN3O4S. The van der Waals surface area contributed by atoms with E-state index >= 15 is 4.39 Å². The van der Waals surface area contributed by atoms with Gasteiger partial charge in [0.1, 0.15) is 18.4 Å². The van der Waals surface area contributed by atoms with Crippen LogP contribution in [-0.4, -0.2) is 43.8 Å². The molecule has 1 N–H and O–H groups in total. The largest absolute Gasteiger partial charge is 0.352 e. The van der Waals surface area contributed by atoms with E-state index in [0.29, 0.717) is 15.6 Å². The minimum absolute atomic E-state index is 0.00392. The van der Waals surface area contributed by atoms with Crippen LogP contribution in [0.1, 0.15) is 50.2 Å². The smallest absolute Gasteiger partial charge is 0.264 e. The van der Waals surface area contributed by atoms with E-state index in [2.05, 4.69) is 5.32 Å². The van der Waals surface area contributed by atoms with Crippen molar-refractivity contribution in [3.8, 4) is 0 Å². The van der Waals surface area contributed by atoms with E-state index in [1.54, 1.807) is 37.3 Å². The number of sulfonamides is 1. The van der Waals surface area contributed by atoms with Crippen molar-refractivity contribution in [1.29, 1.82) is 0 Å². The molecule has 0 heterocycles. The van der Waals surface area contributed by atoms with Crippen LogP contribution in [0.2, 0.25) is 10.0 Å². The Morgan fingerprint density at radius 2 is 1.60 bits per heavy atom. The quantitative estimate of drug-likeness (QED) is 0.261. The maximum Gasteiger partial charge on any atom is 0.264 e. The maximum atomic E-state index is 15.1. The van der Waals surface area contributed by atoms with Crippen LogP contribution in [0, 0.1) is 12.7 Å². The van der Waals surface area contributed by atoms with Gasteiger partial charge >= 0.3 is 0 Å². The van der Waals surface area contributed by atoms with E-state index in [4.69, 9.17) is 23.2 Å². The van der Waals surface area contributed by atoms with Crippen LogP contribution >= 0.6 is 23.2 Å². The number of para-hydroxylation sites is 1. The van der Waals surface area contributed by atoms with E-state index in [9.17, 15) is 18.0 Å². The van der Waals surface area contributed by atoms with Gasteiger partial charge in [-0.15, -0.1) is 0 Å². The van der Waals surface area contributed by atoms with Gasteiger partial charge in [-0.2, -0.15) is 0 Å². The van der Waals surface area contributed by atoms with Crippen LogP contribution in [0.3, 0.4) is 0 Å². The van der Waals surface area contributed by atoms with Crippen LogP contribution in [0.25, 0.3) is 0 Å². The van der Waals surface area contributed by atoms with Gasteiger partial charge in [0, 0.05) is 28.2 Å². The second-order valence-electron chi connectivity index (χ2n) is 10.4. The molecule has 224 valence electrons.